The average Bonchev–Trinajstić information content (AvgIpc) is 2.97. The number of benzene rings is 1. The van der Waals surface area contributed by atoms with E-state index in [2.05, 4.69) is 45.9 Å². The van der Waals surface area contributed by atoms with Gasteiger partial charge in [0.1, 0.15) is 0 Å². The van der Waals surface area contributed by atoms with Crippen molar-refractivity contribution in [1.29, 1.82) is 0 Å². The SMILES string of the molecule is CCCCCCCCSc1nc(SCCCCCCCC)nc(N(O)c2cc(CCCC)cc(CCCC)c2)n1. The highest BCUT2D eigenvalue weighted by atomic mass is 32.2. The number of rotatable bonds is 24. The molecule has 5 nitrogen and oxygen atoms in total. The van der Waals surface area contributed by atoms with Crippen molar-refractivity contribution in [2.75, 3.05) is 16.6 Å². The smallest absolute Gasteiger partial charge is 0.259 e. The van der Waals surface area contributed by atoms with Crippen LogP contribution in [0, 0.1) is 0 Å². The molecule has 2 rings (SSSR count). The molecule has 0 saturated carbocycles. The van der Waals surface area contributed by atoms with Gasteiger partial charge in [-0.25, -0.2) is 0 Å². The predicted molar refractivity (Wildman–Crippen MR) is 176 cm³/mol. The number of hydrogen-bond donors (Lipinski definition) is 1. The first-order chi connectivity index (χ1) is 19.6. The van der Waals surface area contributed by atoms with Crippen LogP contribution in [0.4, 0.5) is 11.6 Å². The lowest BCUT2D eigenvalue weighted by Gasteiger charge is -2.18. The van der Waals surface area contributed by atoms with Crippen molar-refractivity contribution in [3.8, 4) is 0 Å². The Morgan fingerprint density at radius 1 is 0.550 bits per heavy atom. The molecule has 40 heavy (non-hydrogen) atoms. The van der Waals surface area contributed by atoms with Gasteiger partial charge in [0, 0.05) is 11.5 Å². The molecule has 0 amide bonds. The van der Waals surface area contributed by atoms with Crippen LogP contribution >= 0.6 is 23.5 Å². The van der Waals surface area contributed by atoms with Gasteiger partial charge in [-0.2, -0.15) is 20.0 Å². The summed E-state index contributed by atoms with van der Waals surface area (Å²) in [7, 11) is 0. The molecule has 0 fully saturated rings. The average molecular weight is 589 g/mol. The number of anilines is 2. The first-order valence-electron chi connectivity index (χ1n) is 16.2. The minimum absolute atomic E-state index is 0.333. The van der Waals surface area contributed by atoms with E-state index in [1.807, 2.05) is 0 Å². The fourth-order valence-corrected chi connectivity index (χ4v) is 6.39. The molecule has 0 atom stereocenters. The summed E-state index contributed by atoms with van der Waals surface area (Å²) in [5, 5.41) is 14.0. The van der Waals surface area contributed by atoms with Crippen LogP contribution < -0.4 is 5.06 Å². The Labute approximate surface area is 254 Å². The van der Waals surface area contributed by atoms with E-state index in [0.29, 0.717) is 5.95 Å². The lowest BCUT2D eigenvalue weighted by atomic mass is 10.0. The fourth-order valence-electron chi connectivity index (χ4n) is 4.67. The summed E-state index contributed by atoms with van der Waals surface area (Å²) in [4.78, 5) is 14.2. The summed E-state index contributed by atoms with van der Waals surface area (Å²) in [5.41, 5.74) is 3.30. The molecule has 1 N–H and O–H groups in total. The van der Waals surface area contributed by atoms with E-state index in [0.717, 1.165) is 66.0 Å². The van der Waals surface area contributed by atoms with Gasteiger partial charge in [0.15, 0.2) is 10.3 Å². The van der Waals surface area contributed by atoms with Crippen molar-refractivity contribution in [3.63, 3.8) is 0 Å². The molecule has 2 aromatic rings. The number of thioether (sulfide) groups is 2. The molecule has 1 heterocycles. The van der Waals surface area contributed by atoms with Crippen LogP contribution in [0.1, 0.15) is 142 Å². The Morgan fingerprint density at radius 3 is 1.43 bits per heavy atom. The predicted octanol–water partition coefficient (Wildman–Crippen LogP) is 11.0. The second-order valence-electron chi connectivity index (χ2n) is 11.0. The monoisotopic (exact) mass is 588 g/mol. The largest absolute Gasteiger partial charge is 0.281 e. The van der Waals surface area contributed by atoms with Crippen molar-refractivity contribution >= 4 is 35.2 Å². The lowest BCUT2D eigenvalue weighted by molar-refractivity contribution is 0.291. The van der Waals surface area contributed by atoms with Crippen LogP contribution in [0.5, 0.6) is 0 Å². The van der Waals surface area contributed by atoms with Gasteiger partial charge >= 0.3 is 0 Å². The highest BCUT2D eigenvalue weighted by Gasteiger charge is 2.16. The molecular weight excluding hydrogens is 533 g/mol. The van der Waals surface area contributed by atoms with E-state index in [9.17, 15) is 5.21 Å². The van der Waals surface area contributed by atoms with Crippen LogP contribution in [0.15, 0.2) is 28.5 Å². The van der Waals surface area contributed by atoms with Gasteiger partial charge in [-0.15, -0.1) is 0 Å². The Balaban J connectivity index is 2.16. The maximum absolute atomic E-state index is 11.4. The topological polar surface area (TPSA) is 62.1 Å². The van der Waals surface area contributed by atoms with Gasteiger partial charge in [-0.3, -0.25) is 5.21 Å². The highest BCUT2D eigenvalue weighted by Crippen LogP contribution is 2.29. The van der Waals surface area contributed by atoms with E-state index in [-0.39, 0.29) is 0 Å². The quantitative estimate of drug-likeness (QED) is 0.0743. The number of aromatic nitrogens is 3. The molecule has 0 aliphatic rings. The Morgan fingerprint density at radius 2 is 0.975 bits per heavy atom. The first kappa shape index (κ1) is 34.9. The van der Waals surface area contributed by atoms with E-state index < -0.39 is 0 Å². The van der Waals surface area contributed by atoms with Gasteiger partial charge in [-0.1, -0.05) is 134 Å². The van der Waals surface area contributed by atoms with Crippen LogP contribution in [0.25, 0.3) is 0 Å². The van der Waals surface area contributed by atoms with Crippen molar-refractivity contribution in [2.24, 2.45) is 0 Å². The van der Waals surface area contributed by atoms with E-state index >= 15 is 0 Å². The fraction of sp³-hybridized carbons (Fsp3) is 0.727. The zero-order valence-electron chi connectivity index (χ0n) is 25.9. The van der Waals surface area contributed by atoms with Gasteiger partial charge in [0.05, 0.1) is 5.69 Å². The number of nitrogens with zero attached hydrogens (tertiary/aromatic N) is 4. The van der Waals surface area contributed by atoms with Crippen LogP contribution in [0.2, 0.25) is 0 Å². The highest BCUT2D eigenvalue weighted by molar-refractivity contribution is 7.99. The molecule has 7 heteroatoms. The van der Waals surface area contributed by atoms with Crippen LogP contribution in [0.3, 0.4) is 0 Å². The van der Waals surface area contributed by atoms with E-state index in [4.69, 9.17) is 15.0 Å². The third kappa shape index (κ3) is 14.5. The third-order valence-electron chi connectivity index (χ3n) is 7.15. The zero-order chi connectivity index (χ0) is 28.8. The van der Waals surface area contributed by atoms with Gasteiger partial charge in [0.25, 0.3) is 5.95 Å². The molecule has 226 valence electrons. The van der Waals surface area contributed by atoms with Gasteiger partial charge in [0.2, 0.25) is 0 Å². The lowest BCUT2D eigenvalue weighted by Crippen LogP contribution is -2.16. The molecule has 0 saturated heterocycles. The third-order valence-corrected chi connectivity index (χ3v) is 9.02. The van der Waals surface area contributed by atoms with Crippen LogP contribution in [-0.4, -0.2) is 31.7 Å². The molecule has 0 aliphatic carbocycles. The Bertz CT molecular complexity index is 865. The molecule has 0 spiro atoms. The Kier molecular flexibility index (Phi) is 19.5. The summed E-state index contributed by atoms with van der Waals surface area (Å²) >= 11 is 3.39. The summed E-state index contributed by atoms with van der Waals surface area (Å²) < 4.78 is 0. The van der Waals surface area contributed by atoms with Crippen molar-refractivity contribution < 1.29 is 5.21 Å². The second-order valence-corrected chi connectivity index (χ2v) is 13.1. The minimum atomic E-state index is 0.333. The summed E-state index contributed by atoms with van der Waals surface area (Å²) in [6, 6.07) is 6.50. The van der Waals surface area contributed by atoms with Crippen molar-refractivity contribution in [1.82, 2.24) is 15.0 Å². The summed E-state index contributed by atoms with van der Waals surface area (Å²) in [5.74, 6) is 2.33. The summed E-state index contributed by atoms with van der Waals surface area (Å²) in [6.45, 7) is 8.96. The van der Waals surface area contributed by atoms with Crippen LogP contribution in [-0.2, 0) is 12.8 Å². The van der Waals surface area contributed by atoms with Gasteiger partial charge in [-0.05, 0) is 61.8 Å². The Hall–Kier alpha value is -1.31. The molecule has 0 bridgehead atoms. The number of hydrogen-bond acceptors (Lipinski definition) is 7. The summed E-state index contributed by atoms with van der Waals surface area (Å²) in [6.07, 6.45) is 21.9. The normalized spacial score (nSPS) is 11.3. The zero-order valence-corrected chi connectivity index (χ0v) is 27.6. The molecule has 0 aliphatic heterocycles. The molecule has 1 aromatic heterocycles. The minimum Gasteiger partial charge on any atom is -0.281 e. The maximum Gasteiger partial charge on any atom is 0.259 e. The number of unbranched alkanes of at least 4 members (excludes halogenated alkanes) is 12. The second kappa shape index (κ2) is 22.3. The van der Waals surface area contributed by atoms with E-state index in [1.165, 1.54) is 93.2 Å². The maximum atomic E-state index is 11.4. The van der Waals surface area contributed by atoms with Gasteiger partial charge < -0.3 is 0 Å². The van der Waals surface area contributed by atoms with Crippen molar-refractivity contribution in [2.45, 2.75) is 154 Å². The molecular formula is C33H56N4OS2. The van der Waals surface area contributed by atoms with E-state index in [1.54, 1.807) is 23.5 Å². The molecule has 0 radical (unpaired) electrons. The molecule has 0 unspecified atom stereocenters. The standard InChI is InChI=1S/C33H56N4OS2/c1-5-9-13-15-17-19-23-39-32-34-31(35-33(36-32)40-24-20-18-16-14-10-6-2)37(38)30-26-28(21-11-7-3)25-29(27-30)22-12-8-4/h25-27,38H,5-24H2,1-4H3. The molecule has 1 aromatic carbocycles. The first-order valence-corrected chi connectivity index (χ1v) is 18.2. The number of aryl methyl sites for hydroxylation is 2. The van der Waals surface area contributed by atoms with Crippen molar-refractivity contribution in [3.05, 3.63) is 29.3 Å².